The summed E-state index contributed by atoms with van der Waals surface area (Å²) in [7, 11) is 0. The summed E-state index contributed by atoms with van der Waals surface area (Å²) in [5.41, 5.74) is 0.753. The molecule has 0 unspecified atom stereocenters. The average molecular weight is 403 g/mol. The van der Waals surface area contributed by atoms with Gasteiger partial charge >= 0.3 is 0 Å². The Morgan fingerprint density at radius 2 is 1.93 bits per heavy atom. The molecule has 27 heavy (non-hydrogen) atoms. The lowest BCUT2D eigenvalue weighted by atomic mass is 10.1. The van der Waals surface area contributed by atoms with E-state index in [9.17, 15) is 4.79 Å². The maximum atomic E-state index is 12.5. The lowest BCUT2D eigenvalue weighted by Crippen LogP contribution is -2.36. The van der Waals surface area contributed by atoms with Gasteiger partial charge in [-0.3, -0.25) is 9.36 Å². The minimum atomic E-state index is 0.132. The number of benzene rings is 1. The molecule has 3 aromatic rings. The number of furan rings is 1. The monoisotopic (exact) mass is 402 g/mol. The number of aromatic nitrogens is 3. The fourth-order valence-electron chi connectivity index (χ4n) is 3.14. The van der Waals surface area contributed by atoms with E-state index in [0.29, 0.717) is 27.5 Å². The first-order valence-corrected chi connectivity index (χ1v) is 10.2. The summed E-state index contributed by atoms with van der Waals surface area (Å²) in [6.07, 6.45) is 4.95. The lowest BCUT2D eigenvalue weighted by Gasteiger charge is -2.26. The molecule has 0 N–H and O–H groups in total. The van der Waals surface area contributed by atoms with Gasteiger partial charge in [0, 0.05) is 13.1 Å². The number of nitrogens with zero attached hydrogens (tertiary/aromatic N) is 4. The van der Waals surface area contributed by atoms with E-state index in [2.05, 4.69) is 10.2 Å². The van der Waals surface area contributed by atoms with Crippen molar-refractivity contribution in [3.8, 4) is 17.3 Å². The zero-order chi connectivity index (χ0) is 18.6. The Morgan fingerprint density at radius 1 is 1.11 bits per heavy atom. The van der Waals surface area contributed by atoms with E-state index in [1.54, 1.807) is 12.3 Å². The lowest BCUT2D eigenvalue weighted by molar-refractivity contribution is -0.129. The molecule has 1 saturated heterocycles. The number of piperidine rings is 1. The second-order valence-corrected chi connectivity index (χ2v) is 7.65. The fraction of sp³-hybridized carbons (Fsp3) is 0.316. The first-order chi connectivity index (χ1) is 13.2. The third-order valence-electron chi connectivity index (χ3n) is 4.50. The van der Waals surface area contributed by atoms with Gasteiger partial charge in [0.25, 0.3) is 0 Å². The summed E-state index contributed by atoms with van der Waals surface area (Å²) in [6.45, 7) is 1.68. The summed E-state index contributed by atoms with van der Waals surface area (Å²) < 4.78 is 7.35. The van der Waals surface area contributed by atoms with E-state index in [1.807, 2.05) is 39.8 Å². The van der Waals surface area contributed by atoms with Crippen molar-refractivity contribution in [1.29, 1.82) is 0 Å². The molecule has 1 aromatic carbocycles. The third-order valence-corrected chi connectivity index (χ3v) is 5.74. The quantitative estimate of drug-likeness (QED) is 0.596. The first-order valence-electron chi connectivity index (χ1n) is 8.89. The van der Waals surface area contributed by atoms with Gasteiger partial charge in [-0.15, -0.1) is 10.2 Å². The second kappa shape index (κ2) is 8.19. The largest absolute Gasteiger partial charge is 0.461 e. The third kappa shape index (κ3) is 3.89. The van der Waals surface area contributed by atoms with Crippen molar-refractivity contribution in [2.75, 3.05) is 18.8 Å². The summed E-state index contributed by atoms with van der Waals surface area (Å²) >= 11 is 7.78. The standard InChI is InChI=1S/C19H19ClN4O2S/c20-14-7-2-3-8-15(14)24-18(16-9-6-12-26-16)21-22-19(24)27-13-17(25)23-10-4-1-5-11-23/h2-3,6-9,12H,1,4-5,10-11,13H2. The van der Waals surface area contributed by atoms with Crippen LogP contribution in [0.4, 0.5) is 0 Å². The number of rotatable bonds is 5. The Hall–Kier alpha value is -2.25. The van der Waals surface area contributed by atoms with Gasteiger partial charge in [0.1, 0.15) is 0 Å². The number of amides is 1. The number of hydrogen-bond donors (Lipinski definition) is 0. The van der Waals surface area contributed by atoms with Gasteiger partial charge in [-0.25, -0.2) is 0 Å². The van der Waals surface area contributed by atoms with Gasteiger partial charge in [0.2, 0.25) is 11.7 Å². The zero-order valence-corrected chi connectivity index (χ0v) is 16.2. The predicted molar refractivity (Wildman–Crippen MR) is 105 cm³/mol. The van der Waals surface area contributed by atoms with Crippen molar-refractivity contribution < 1.29 is 9.21 Å². The molecule has 8 heteroatoms. The maximum Gasteiger partial charge on any atom is 0.233 e. The molecule has 6 nitrogen and oxygen atoms in total. The number of hydrogen-bond acceptors (Lipinski definition) is 5. The molecule has 0 radical (unpaired) electrons. The van der Waals surface area contributed by atoms with Crippen LogP contribution in [-0.2, 0) is 4.79 Å². The Balaban J connectivity index is 1.63. The van der Waals surface area contributed by atoms with E-state index in [0.717, 1.165) is 31.6 Å². The summed E-state index contributed by atoms with van der Waals surface area (Å²) in [4.78, 5) is 14.5. The van der Waals surface area contributed by atoms with Gasteiger partial charge in [-0.1, -0.05) is 35.5 Å². The van der Waals surface area contributed by atoms with E-state index in [4.69, 9.17) is 16.0 Å². The highest BCUT2D eigenvalue weighted by Crippen LogP contribution is 2.31. The molecular weight excluding hydrogens is 384 g/mol. The molecule has 140 valence electrons. The van der Waals surface area contributed by atoms with Gasteiger partial charge in [-0.2, -0.15) is 0 Å². The van der Waals surface area contributed by atoms with Crippen LogP contribution < -0.4 is 0 Å². The SMILES string of the molecule is O=C(CSc1nnc(-c2ccco2)n1-c1ccccc1Cl)N1CCCCC1. The van der Waals surface area contributed by atoms with Crippen molar-refractivity contribution in [2.45, 2.75) is 24.4 Å². The summed E-state index contributed by atoms with van der Waals surface area (Å²) in [5, 5.41) is 9.76. The molecule has 2 aromatic heterocycles. The Labute approximate surface area is 166 Å². The number of halogens is 1. The van der Waals surface area contributed by atoms with Crippen molar-refractivity contribution in [3.63, 3.8) is 0 Å². The minimum Gasteiger partial charge on any atom is -0.461 e. The second-order valence-electron chi connectivity index (χ2n) is 6.30. The number of para-hydroxylation sites is 1. The van der Waals surface area contributed by atoms with E-state index >= 15 is 0 Å². The molecule has 0 atom stereocenters. The topological polar surface area (TPSA) is 64.2 Å². The molecule has 0 aliphatic carbocycles. The Morgan fingerprint density at radius 3 is 2.67 bits per heavy atom. The minimum absolute atomic E-state index is 0.132. The molecule has 0 bridgehead atoms. The van der Waals surface area contributed by atoms with Crippen molar-refractivity contribution in [3.05, 3.63) is 47.7 Å². The molecule has 4 rings (SSSR count). The van der Waals surface area contributed by atoms with Crippen LogP contribution >= 0.6 is 23.4 Å². The van der Waals surface area contributed by atoms with Gasteiger partial charge in [0.05, 0.1) is 22.7 Å². The molecule has 1 aliphatic heterocycles. The van der Waals surface area contributed by atoms with Crippen molar-refractivity contribution in [1.82, 2.24) is 19.7 Å². The predicted octanol–water partition coefficient (Wildman–Crippen LogP) is 4.29. The number of carbonyl (C=O) groups is 1. The maximum absolute atomic E-state index is 12.5. The van der Waals surface area contributed by atoms with Gasteiger partial charge in [0.15, 0.2) is 10.9 Å². The van der Waals surface area contributed by atoms with Gasteiger partial charge in [-0.05, 0) is 43.5 Å². The van der Waals surface area contributed by atoms with Crippen LogP contribution in [0.25, 0.3) is 17.3 Å². The number of thioether (sulfide) groups is 1. The van der Waals surface area contributed by atoms with Crippen LogP contribution in [0.1, 0.15) is 19.3 Å². The van der Waals surface area contributed by atoms with Crippen molar-refractivity contribution >= 4 is 29.3 Å². The Bertz CT molecular complexity index is 920. The van der Waals surface area contributed by atoms with Gasteiger partial charge < -0.3 is 9.32 Å². The van der Waals surface area contributed by atoms with E-state index in [1.165, 1.54) is 18.2 Å². The van der Waals surface area contributed by atoms with Crippen LogP contribution in [0.15, 0.2) is 52.2 Å². The van der Waals surface area contributed by atoms with Crippen LogP contribution in [0.2, 0.25) is 5.02 Å². The average Bonchev–Trinajstić information content (AvgIpc) is 3.37. The summed E-state index contributed by atoms with van der Waals surface area (Å²) in [5.74, 6) is 1.60. The highest BCUT2D eigenvalue weighted by atomic mass is 35.5. The molecular formula is C19H19ClN4O2S. The molecule has 1 aliphatic rings. The molecule has 1 amide bonds. The summed E-state index contributed by atoms with van der Waals surface area (Å²) in [6, 6.07) is 11.1. The number of carbonyl (C=O) groups excluding carboxylic acids is 1. The number of likely N-dealkylation sites (tertiary alicyclic amines) is 1. The smallest absolute Gasteiger partial charge is 0.233 e. The zero-order valence-electron chi connectivity index (χ0n) is 14.7. The fourth-order valence-corrected chi connectivity index (χ4v) is 4.21. The normalized spacial score (nSPS) is 14.5. The molecule has 0 spiro atoms. The molecule has 0 saturated carbocycles. The van der Waals surface area contributed by atoms with Crippen LogP contribution in [0, 0.1) is 0 Å². The van der Waals surface area contributed by atoms with E-state index < -0.39 is 0 Å². The first kappa shape index (κ1) is 18.1. The van der Waals surface area contributed by atoms with E-state index in [-0.39, 0.29) is 5.91 Å². The molecule has 1 fully saturated rings. The van der Waals surface area contributed by atoms with Crippen molar-refractivity contribution in [2.24, 2.45) is 0 Å². The van der Waals surface area contributed by atoms with Crippen LogP contribution in [0.5, 0.6) is 0 Å². The molecule has 3 heterocycles. The highest BCUT2D eigenvalue weighted by molar-refractivity contribution is 7.99. The van der Waals surface area contributed by atoms with Crippen LogP contribution in [-0.4, -0.2) is 44.4 Å². The van der Waals surface area contributed by atoms with Crippen LogP contribution in [0.3, 0.4) is 0 Å². The highest BCUT2D eigenvalue weighted by Gasteiger charge is 2.22. The Kier molecular flexibility index (Phi) is 5.50.